The van der Waals surface area contributed by atoms with E-state index >= 15 is 0 Å². The lowest BCUT2D eigenvalue weighted by atomic mass is 9.92. The van der Waals surface area contributed by atoms with Crippen LogP contribution in [0.25, 0.3) is 11.1 Å². The van der Waals surface area contributed by atoms with E-state index in [9.17, 15) is 40.5 Å². The zero-order valence-electron chi connectivity index (χ0n) is 38.7. The fourth-order valence-corrected chi connectivity index (χ4v) is 7.53. The number of carboxylic acid groups (broad SMARTS) is 2. The molecule has 70 heavy (non-hydrogen) atoms. The van der Waals surface area contributed by atoms with Crippen molar-refractivity contribution in [1.29, 1.82) is 10.5 Å². The number of pyridine rings is 2. The number of carbonyl (C=O) groups is 2. The number of benzene rings is 4. The van der Waals surface area contributed by atoms with Crippen LogP contribution in [-0.2, 0) is 49.1 Å². The zero-order valence-corrected chi connectivity index (χ0v) is 40.2. The molecule has 2 aromatic heterocycles. The maximum Gasteiger partial charge on any atom is 0.326 e. The fourth-order valence-electron chi connectivity index (χ4n) is 7.05. The first-order valence-electron chi connectivity index (χ1n) is 21.7. The van der Waals surface area contributed by atoms with Gasteiger partial charge in [0.05, 0.1) is 34.4 Å². The summed E-state index contributed by atoms with van der Waals surface area (Å²) in [7, 11) is 0. The van der Waals surface area contributed by atoms with Crippen LogP contribution in [0.15, 0.2) is 97.6 Å². The molecule has 0 aliphatic heterocycles. The molecule has 0 fully saturated rings. The highest BCUT2D eigenvalue weighted by molar-refractivity contribution is 6.32. The minimum absolute atomic E-state index is 0.0212. The van der Waals surface area contributed by atoms with E-state index in [2.05, 4.69) is 32.7 Å². The van der Waals surface area contributed by atoms with Crippen LogP contribution in [0.5, 0.6) is 23.0 Å². The van der Waals surface area contributed by atoms with Gasteiger partial charge in [-0.15, -0.1) is 0 Å². The molecule has 2 atom stereocenters. The Labute approximate surface area is 414 Å². The largest absolute Gasteiger partial charge is 0.488 e. The molecule has 6 aromatic rings. The van der Waals surface area contributed by atoms with E-state index in [1.54, 1.807) is 48.8 Å². The van der Waals surface area contributed by atoms with Crippen LogP contribution in [0.4, 0.5) is 0 Å². The van der Waals surface area contributed by atoms with Gasteiger partial charge in [0.2, 0.25) is 0 Å². The summed E-state index contributed by atoms with van der Waals surface area (Å²) in [6, 6.07) is 25.7. The predicted molar refractivity (Wildman–Crippen MR) is 259 cm³/mol. The van der Waals surface area contributed by atoms with Gasteiger partial charge < -0.3 is 39.4 Å². The molecule has 362 valence electrons. The number of nitrogens with one attached hydrogen (secondary N) is 2. The van der Waals surface area contributed by atoms with Gasteiger partial charge in [-0.1, -0.05) is 59.6 Å². The standard InChI is InChI=1S/C52H50Cl2N6O10/c1-31-37(27-69-47-15-45(67-25-35-11-33(17-55)19-57-21-35)39(13-43(47)53)23-59-51(3,29-61)49(63)64)7-5-9-41(31)42-10-6-8-38(32(42)2)28-70-48-16-46(68-26-36-12-34(18-56)20-58-22-36)40(14-44(48)54)24-60-52(4,30-62)50(65)66/h5-16,19-22,59-62H,23-30H2,1-4H3,(H,63,64)(H,65,66)/t51-,52?/m1/s1. The van der Waals surface area contributed by atoms with Crippen LogP contribution in [0, 0.1) is 36.5 Å². The second-order valence-electron chi connectivity index (χ2n) is 16.8. The van der Waals surface area contributed by atoms with Gasteiger partial charge in [0.15, 0.2) is 0 Å². The second-order valence-corrected chi connectivity index (χ2v) is 17.6. The molecule has 0 saturated heterocycles. The van der Waals surface area contributed by atoms with Crippen molar-refractivity contribution < 1.29 is 49.0 Å². The Morgan fingerprint density at radius 1 is 0.586 bits per heavy atom. The van der Waals surface area contributed by atoms with E-state index in [1.807, 2.05) is 50.2 Å². The highest BCUT2D eigenvalue weighted by Gasteiger charge is 2.33. The molecule has 0 aliphatic rings. The summed E-state index contributed by atoms with van der Waals surface area (Å²) in [5.41, 5.74) is 5.24. The van der Waals surface area contributed by atoms with Crippen molar-refractivity contribution in [3.05, 3.63) is 163 Å². The first-order chi connectivity index (χ1) is 33.5. The Balaban J connectivity index is 1.22. The monoisotopic (exact) mass is 988 g/mol. The predicted octanol–water partition coefficient (Wildman–Crippen LogP) is 7.98. The molecule has 4 aromatic carbocycles. The quantitative estimate of drug-likeness (QED) is 0.0356. The van der Waals surface area contributed by atoms with Crippen molar-refractivity contribution >= 4 is 35.1 Å². The minimum atomic E-state index is -1.64. The van der Waals surface area contributed by atoms with Gasteiger partial charge >= 0.3 is 11.9 Å². The SMILES string of the molecule is Cc1c(COc2cc(OCc3cncc(C#N)c3)c(CNC(C)(CO)C(=O)O)cc2Cl)cccc1-c1cccc(COc2cc(OCc3cncc(C#N)c3)c(CN[C@](C)(CO)C(=O)O)cc2Cl)c1C. The molecular formula is C52H50Cl2N6O10. The molecule has 0 saturated carbocycles. The van der Waals surface area contributed by atoms with Gasteiger partial charge in [0, 0.05) is 72.3 Å². The number of ether oxygens (including phenoxy) is 4. The number of hydrogen-bond acceptors (Lipinski definition) is 14. The number of hydrogen-bond donors (Lipinski definition) is 6. The summed E-state index contributed by atoms with van der Waals surface area (Å²) in [4.78, 5) is 32.0. The van der Waals surface area contributed by atoms with Crippen molar-refractivity contribution in [2.45, 2.75) is 78.3 Å². The number of nitrogens with zero attached hydrogens (tertiary/aromatic N) is 4. The number of rotatable bonds is 23. The van der Waals surface area contributed by atoms with E-state index in [4.69, 9.17) is 42.1 Å². The Kier molecular flexibility index (Phi) is 17.4. The number of aliphatic carboxylic acids is 2. The fraction of sp³-hybridized carbons (Fsp3) is 0.269. The topological polar surface area (TPSA) is 249 Å². The van der Waals surface area contributed by atoms with Crippen LogP contribution in [0.1, 0.15) is 69.5 Å². The molecule has 0 bridgehead atoms. The van der Waals surface area contributed by atoms with Gasteiger partial charge in [0.1, 0.15) is 72.6 Å². The molecule has 6 rings (SSSR count). The van der Waals surface area contributed by atoms with Gasteiger partial charge in [-0.3, -0.25) is 30.2 Å². The van der Waals surface area contributed by atoms with E-state index in [-0.39, 0.29) is 49.6 Å². The van der Waals surface area contributed by atoms with Gasteiger partial charge in [-0.2, -0.15) is 10.5 Å². The number of aliphatic hydroxyl groups excluding tert-OH is 2. The van der Waals surface area contributed by atoms with Crippen LogP contribution in [0.3, 0.4) is 0 Å². The van der Waals surface area contributed by atoms with Crippen LogP contribution in [-0.4, -0.2) is 66.6 Å². The molecule has 0 spiro atoms. The Bertz CT molecular complexity index is 2780. The van der Waals surface area contributed by atoms with Gasteiger partial charge in [0.25, 0.3) is 0 Å². The van der Waals surface area contributed by atoms with E-state index < -0.39 is 36.2 Å². The number of nitriles is 2. The first-order valence-corrected chi connectivity index (χ1v) is 22.5. The average Bonchev–Trinajstić information content (AvgIpc) is 3.36. The zero-order chi connectivity index (χ0) is 50.6. The normalized spacial score (nSPS) is 12.7. The molecule has 6 N–H and O–H groups in total. The summed E-state index contributed by atoms with van der Waals surface area (Å²) in [5.74, 6) is -1.20. The van der Waals surface area contributed by atoms with Gasteiger partial charge in [-0.05, 0) is 85.3 Å². The summed E-state index contributed by atoms with van der Waals surface area (Å²) in [6.45, 7) is 5.66. The Morgan fingerprint density at radius 3 is 1.33 bits per heavy atom. The van der Waals surface area contributed by atoms with Crippen LogP contribution >= 0.6 is 23.2 Å². The summed E-state index contributed by atoms with van der Waals surface area (Å²) in [5, 5.41) is 64.0. The number of aliphatic hydroxyl groups is 2. The Hall–Kier alpha value is -7.28. The molecular weight excluding hydrogens is 940 g/mol. The van der Waals surface area contributed by atoms with Crippen molar-refractivity contribution in [1.82, 2.24) is 20.6 Å². The minimum Gasteiger partial charge on any atom is -0.488 e. The molecule has 2 heterocycles. The second kappa shape index (κ2) is 23.3. The summed E-state index contributed by atoms with van der Waals surface area (Å²) < 4.78 is 25.0. The highest BCUT2D eigenvalue weighted by atomic mass is 35.5. The smallest absolute Gasteiger partial charge is 0.326 e. The van der Waals surface area contributed by atoms with E-state index in [1.165, 1.54) is 26.2 Å². The Morgan fingerprint density at radius 2 is 0.971 bits per heavy atom. The van der Waals surface area contributed by atoms with Crippen molar-refractivity contribution in [2.75, 3.05) is 13.2 Å². The summed E-state index contributed by atoms with van der Waals surface area (Å²) in [6.07, 6.45) is 6.02. The lowest BCUT2D eigenvalue weighted by Gasteiger charge is -2.25. The molecule has 0 amide bonds. The van der Waals surface area contributed by atoms with Gasteiger partial charge in [-0.25, -0.2) is 0 Å². The first kappa shape index (κ1) is 52.1. The average molecular weight is 990 g/mol. The van der Waals surface area contributed by atoms with E-state index in [0.717, 1.165) is 33.4 Å². The number of aromatic nitrogens is 2. The van der Waals surface area contributed by atoms with Crippen molar-refractivity contribution in [3.63, 3.8) is 0 Å². The maximum atomic E-state index is 11.9. The highest BCUT2D eigenvalue weighted by Crippen LogP contribution is 2.38. The third-order valence-electron chi connectivity index (χ3n) is 11.7. The van der Waals surface area contributed by atoms with Crippen LogP contribution in [0.2, 0.25) is 10.0 Å². The maximum absolute atomic E-state index is 11.9. The molecule has 18 heteroatoms. The van der Waals surface area contributed by atoms with E-state index in [0.29, 0.717) is 56.4 Å². The third kappa shape index (κ3) is 12.7. The lowest BCUT2D eigenvalue weighted by molar-refractivity contribution is -0.146. The molecule has 0 radical (unpaired) electrons. The third-order valence-corrected chi connectivity index (χ3v) is 12.3. The summed E-state index contributed by atoms with van der Waals surface area (Å²) >= 11 is 13.6. The van der Waals surface area contributed by atoms with Crippen LogP contribution < -0.4 is 29.6 Å². The molecule has 16 nitrogen and oxygen atoms in total. The van der Waals surface area contributed by atoms with Crippen molar-refractivity contribution in [2.24, 2.45) is 0 Å². The molecule has 1 unspecified atom stereocenters. The number of halogens is 2. The lowest BCUT2D eigenvalue weighted by Crippen LogP contribution is -2.52. The molecule has 0 aliphatic carbocycles. The van der Waals surface area contributed by atoms with Crippen molar-refractivity contribution in [3.8, 4) is 46.3 Å². The number of carboxylic acids is 2.